The van der Waals surface area contributed by atoms with Crippen molar-refractivity contribution in [3.8, 4) is 0 Å². The first kappa shape index (κ1) is 40.7. The Morgan fingerprint density at radius 1 is 0.625 bits per heavy atom. The third kappa shape index (κ3) is 9.31. The van der Waals surface area contributed by atoms with E-state index in [0.29, 0.717) is 44.8 Å². The Morgan fingerprint density at radius 3 is 1.29 bits per heavy atom. The summed E-state index contributed by atoms with van der Waals surface area (Å²) in [5.41, 5.74) is -3.49. The minimum absolute atomic E-state index is 0.325. The lowest BCUT2D eigenvalue weighted by atomic mass is 9.80. The van der Waals surface area contributed by atoms with Gasteiger partial charge in [0.15, 0.2) is 0 Å². The Morgan fingerprint density at radius 2 is 0.938 bits per heavy atom. The molecule has 0 aromatic rings. The largest absolute Gasteiger partial charge is 0.462 e. The van der Waals surface area contributed by atoms with Crippen molar-refractivity contribution in [1.29, 1.82) is 0 Å². The monoisotopic (exact) mass is 699 g/mol. The molecule has 2 N–H and O–H groups in total. The van der Waals surface area contributed by atoms with Crippen molar-refractivity contribution in [1.82, 2.24) is 14.4 Å². The molecular formula is C35H61N3O9S. The molecule has 2 atom stereocenters. The van der Waals surface area contributed by atoms with E-state index in [0.717, 1.165) is 0 Å². The molecule has 3 saturated heterocycles. The van der Waals surface area contributed by atoms with Crippen LogP contribution in [0.1, 0.15) is 134 Å². The van der Waals surface area contributed by atoms with Crippen LogP contribution in [0.15, 0.2) is 0 Å². The SMILES string of the molecule is CC1(C)CC(OC(=O)CC(C=O)C(CC(=O)OC2CC(C)(C)N(S)C(C)(C)C2)C(=O)OC2CC(C)(C)N(O)C(C)(C)C2)CC(C)(C)N1O. The third-order valence-corrected chi connectivity index (χ3v) is 11.5. The fourth-order valence-electron chi connectivity index (χ4n) is 8.57. The van der Waals surface area contributed by atoms with Crippen LogP contribution in [0.4, 0.5) is 0 Å². The van der Waals surface area contributed by atoms with Crippen molar-refractivity contribution < 1.29 is 43.8 Å². The zero-order valence-corrected chi connectivity index (χ0v) is 32.1. The maximum absolute atomic E-state index is 13.9. The molecule has 276 valence electrons. The van der Waals surface area contributed by atoms with Gasteiger partial charge >= 0.3 is 17.9 Å². The summed E-state index contributed by atoms with van der Waals surface area (Å²) < 4.78 is 19.7. The first-order valence-electron chi connectivity index (χ1n) is 17.2. The average molecular weight is 700 g/mol. The fraction of sp³-hybridized carbons (Fsp3) is 0.886. The summed E-state index contributed by atoms with van der Waals surface area (Å²) in [4.78, 5) is 53.3. The Balaban J connectivity index is 1.81. The number of carbonyl (C=O) groups is 4. The van der Waals surface area contributed by atoms with Gasteiger partial charge < -0.3 is 29.4 Å². The number of hydrogen-bond donors (Lipinski definition) is 3. The predicted molar refractivity (Wildman–Crippen MR) is 182 cm³/mol. The van der Waals surface area contributed by atoms with Crippen LogP contribution in [0.2, 0.25) is 0 Å². The molecule has 3 aliphatic rings. The number of nitrogens with zero attached hydrogens (tertiary/aromatic N) is 3. The molecule has 0 aromatic heterocycles. The van der Waals surface area contributed by atoms with E-state index in [1.807, 2.05) is 87.4 Å². The van der Waals surface area contributed by atoms with Crippen LogP contribution in [-0.4, -0.2) is 101 Å². The number of aldehydes is 1. The molecule has 3 rings (SSSR count). The molecule has 3 aliphatic heterocycles. The standard InChI is InChI=1S/C35H61N3O9S/c1-30(2)15-23(16-31(3,4)36(30)43)45-27(40)13-22(21-39)26(29(42)47-25-17-32(5,6)37(44)33(7,8)18-25)14-28(41)46-24-19-34(9,10)38(48)35(11,12)20-24/h21-26,43-44,48H,13-20H2,1-12H3. The van der Waals surface area contributed by atoms with Gasteiger partial charge in [-0.2, -0.15) is 10.1 Å². The maximum atomic E-state index is 13.9. The summed E-state index contributed by atoms with van der Waals surface area (Å²) in [7, 11) is 0. The summed E-state index contributed by atoms with van der Waals surface area (Å²) in [5.74, 6) is -4.61. The zero-order valence-electron chi connectivity index (χ0n) is 31.2. The molecule has 0 aromatic carbocycles. The van der Waals surface area contributed by atoms with Crippen molar-refractivity contribution in [2.45, 2.75) is 186 Å². The highest BCUT2D eigenvalue weighted by atomic mass is 32.1. The molecule has 3 fully saturated rings. The van der Waals surface area contributed by atoms with Crippen LogP contribution >= 0.6 is 12.8 Å². The maximum Gasteiger partial charge on any atom is 0.310 e. The number of ether oxygens (including phenoxy) is 3. The van der Waals surface area contributed by atoms with Crippen LogP contribution in [-0.2, 0) is 33.4 Å². The molecule has 2 unspecified atom stereocenters. The number of carbonyl (C=O) groups excluding carboxylic acids is 4. The zero-order chi connectivity index (χ0) is 36.8. The second kappa shape index (κ2) is 14.1. The van der Waals surface area contributed by atoms with Crippen molar-refractivity contribution >= 4 is 37.0 Å². The molecule has 0 amide bonds. The number of hydroxylamine groups is 4. The van der Waals surface area contributed by atoms with Crippen molar-refractivity contribution in [2.75, 3.05) is 0 Å². The molecule has 12 nitrogen and oxygen atoms in total. The quantitative estimate of drug-likeness (QED) is 0.114. The number of rotatable bonds is 10. The van der Waals surface area contributed by atoms with Gasteiger partial charge in [-0.15, -0.1) is 0 Å². The second-order valence-electron chi connectivity index (χ2n) is 18.1. The van der Waals surface area contributed by atoms with Gasteiger partial charge in [0.1, 0.15) is 24.6 Å². The van der Waals surface area contributed by atoms with E-state index in [1.54, 1.807) is 0 Å². The van der Waals surface area contributed by atoms with Crippen molar-refractivity contribution in [2.24, 2.45) is 11.8 Å². The molecule has 13 heteroatoms. The van der Waals surface area contributed by atoms with Crippen molar-refractivity contribution in [3.63, 3.8) is 0 Å². The lowest BCUT2D eigenvalue weighted by Gasteiger charge is -2.51. The third-order valence-electron chi connectivity index (χ3n) is 10.5. The van der Waals surface area contributed by atoms with Crippen LogP contribution in [0, 0.1) is 11.8 Å². The van der Waals surface area contributed by atoms with E-state index < -0.39 is 83.1 Å². The van der Waals surface area contributed by atoms with Gasteiger partial charge in [-0.1, -0.05) is 12.8 Å². The molecular weight excluding hydrogens is 638 g/mol. The lowest BCUT2D eigenvalue weighted by Crippen LogP contribution is -2.61. The number of thiol groups is 1. The first-order chi connectivity index (χ1) is 21.6. The highest BCUT2D eigenvalue weighted by Gasteiger charge is 2.49. The van der Waals surface area contributed by atoms with Gasteiger partial charge in [0.25, 0.3) is 0 Å². The smallest absolute Gasteiger partial charge is 0.310 e. The number of hydrogen-bond acceptors (Lipinski definition) is 13. The summed E-state index contributed by atoms with van der Waals surface area (Å²) >= 11 is 4.69. The molecule has 0 spiro atoms. The molecule has 3 heterocycles. The summed E-state index contributed by atoms with van der Waals surface area (Å²) in [5, 5.41) is 23.9. The fourth-order valence-corrected chi connectivity index (χ4v) is 8.74. The van der Waals surface area contributed by atoms with Crippen LogP contribution < -0.4 is 0 Å². The molecule has 0 aliphatic carbocycles. The Kier molecular flexibility index (Phi) is 11.9. The Bertz CT molecular complexity index is 1160. The van der Waals surface area contributed by atoms with Gasteiger partial charge in [-0.05, 0) is 83.1 Å². The van der Waals surface area contributed by atoms with E-state index in [9.17, 15) is 29.6 Å². The second-order valence-corrected chi connectivity index (χ2v) is 18.5. The van der Waals surface area contributed by atoms with Crippen LogP contribution in [0.3, 0.4) is 0 Å². The van der Waals surface area contributed by atoms with E-state index in [1.165, 1.54) is 10.1 Å². The normalized spacial score (nSPS) is 27.4. The van der Waals surface area contributed by atoms with Gasteiger partial charge in [0.05, 0.1) is 18.8 Å². The number of esters is 3. The average Bonchev–Trinajstić information content (AvgIpc) is 2.89. The van der Waals surface area contributed by atoms with E-state index >= 15 is 0 Å². The predicted octanol–water partition coefficient (Wildman–Crippen LogP) is 5.52. The van der Waals surface area contributed by atoms with Gasteiger partial charge in [-0.25, -0.2) is 4.31 Å². The summed E-state index contributed by atoms with van der Waals surface area (Å²) in [6.45, 7) is 22.9. The summed E-state index contributed by atoms with van der Waals surface area (Å²) in [6, 6.07) is 0. The molecule has 48 heavy (non-hydrogen) atoms. The topological polar surface area (TPSA) is 146 Å². The van der Waals surface area contributed by atoms with E-state index in [2.05, 4.69) is 12.8 Å². The first-order valence-corrected chi connectivity index (χ1v) is 17.6. The summed E-state index contributed by atoms with van der Waals surface area (Å²) in [6.07, 6.45) is 0.501. The Hall–Kier alpha value is -1.77. The highest BCUT2D eigenvalue weighted by Crippen LogP contribution is 2.42. The van der Waals surface area contributed by atoms with Gasteiger partial charge in [0, 0.05) is 77.7 Å². The van der Waals surface area contributed by atoms with Crippen LogP contribution in [0.5, 0.6) is 0 Å². The number of piperidine rings is 3. The van der Waals surface area contributed by atoms with E-state index in [4.69, 9.17) is 14.2 Å². The molecule has 0 radical (unpaired) electrons. The van der Waals surface area contributed by atoms with E-state index in [-0.39, 0.29) is 11.1 Å². The highest BCUT2D eigenvalue weighted by molar-refractivity contribution is 7.77. The van der Waals surface area contributed by atoms with Crippen LogP contribution in [0.25, 0.3) is 0 Å². The molecule has 0 bridgehead atoms. The Labute approximate surface area is 292 Å². The lowest BCUT2D eigenvalue weighted by molar-refractivity contribution is -0.260. The minimum Gasteiger partial charge on any atom is -0.462 e. The minimum atomic E-state index is -1.29. The molecule has 0 saturated carbocycles. The van der Waals surface area contributed by atoms with Crippen molar-refractivity contribution in [3.05, 3.63) is 0 Å². The van der Waals surface area contributed by atoms with Gasteiger partial charge in [-0.3, -0.25) is 14.4 Å². The van der Waals surface area contributed by atoms with Gasteiger partial charge in [0.2, 0.25) is 0 Å².